The molecule has 4 heteroatoms. The Kier molecular flexibility index (Phi) is 3.06. The van der Waals surface area contributed by atoms with Gasteiger partial charge in [0.25, 0.3) is 0 Å². The van der Waals surface area contributed by atoms with Crippen molar-refractivity contribution in [2.45, 2.75) is 32.5 Å². The van der Waals surface area contributed by atoms with E-state index < -0.39 is 6.10 Å². The van der Waals surface area contributed by atoms with Crippen LogP contribution >= 0.6 is 11.6 Å². The molecule has 1 unspecified atom stereocenters. The fourth-order valence-corrected chi connectivity index (χ4v) is 1.91. The molecule has 0 radical (unpaired) electrons. The van der Waals surface area contributed by atoms with Gasteiger partial charge in [-0.3, -0.25) is 0 Å². The number of carbonyl (C=O) groups is 1. The molecule has 86 valence electrons. The number of hydrogen-bond acceptors (Lipinski definition) is 3. The fourth-order valence-electron chi connectivity index (χ4n) is 1.67. The summed E-state index contributed by atoms with van der Waals surface area (Å²) < 4.78 is 10.6. The van der Waals surface area contributed by atoms with Crippen molar-refractivity contribution in [2.24, 2.45) is 0 Å². The van der Waals surface area contributed by atoms with Crippen molar-refractivity contribution in [3.63, 3.8) is 0 Å². The van der Waals surface area contributed by atoms with E-state index in [0.717, 1.165) is 5.56 Å². The highest BCUT2D eigenvalue weighted by molar-refractivity contribution is 6.31. The van der Waals surface area contributed by atoms with Gasteiger partial charge in [-0.15, -0.1) is 0 Å². The van der Waals surface area contributed by atoms with Crippen LogP contribution in [-0.4, -0.2) is 18.2 Å². The maximum Gasteiger partial charge on any atom is 0.347 e. The first-order valence-electron chi connectivity index (χ1n) is 5.22. The summed E-state index contributed by atoms with van der Waals surface area (Å²) in [5.74, 6) is 0.348. The van der Waals surface area contributed by atoms with Crippen molar-refractivity contribution < 1.29 is 14.3 Å². The Morgan fingerprint density at radius 1 is 1.56 bits per heavy atom. The van der Waals surface area contributed by atoms with Crippen LogP contribution in [0.15, 0.2) is 18.2 Å². The Morgan fingerprint density at radius 2 is 2.31 bits per heavy atom. The highest BCUT2D eigenvalue weighted by atomic mass is 35.5. The number of halogens is 1. The number of hydrogen-bond donors (Lipinski definition) is 0. The predicted molar refractivity (Wildman–Crippen MR) is 60.8 cm³/mol. The lowest BCUT2D eigenvalue weighted by Crippen LogP contribution is -2.29. The van der Waals surface area contributed by atoms with Gasteiger partial charge in [-0.2, -0.15) is 0 Å². The molecule has 2 rings (SSSR count). The fraction of sp³-hybridized carbons (Fsp3) is 0.417. The Balaban J connectivity index is 2.11. The second-order valence-corrected chi connectivity index (χ2v) is 4.42. The summed E-state index contributed by atoms with van der Waals surface area (Å²) in [6.07, 6.45) is -0.201. The van der Waals surface area contributed by atoms with Crippen molar-refractivity contribution in [3.05, 3.63) is 28.8 Å². The number of benzene rings is 1. The molecule has 0 N–H and O–H groups in total. The van der Waals surface area contributed by atoms with Gasteiger partial charge >= 0.3 is 5.97 Å². The minimum Gasteiger partial charge on any atom is -0.478 e. The standard InChI is InChI=1S/C12H13ClO3/c1-7(2)15-12(14)11-6-8-9(13)4-3-5-10(8)16-11/h3-5,7,11H,6H2,1-2H3. The zero-order valence-electron chi connectivity index (χ0n) is 9.20. The smallest absolute Gasteiger partial charge is 0.347 e. The third-order valence-electron chi connectivity index (χ3n) is 2.35. The second-order valence-electron chi connectivity index (χ2n) is 4.01. The number of carbonyl (C=O) groups excluding carboxylic acids is 1. The molecule has 1 aliphatic heterocycles. The van der Waals surface area contributed by atoms with Crippen LogP contribution in [-0.2, 0) is 16.0 Å². The Morgan fingerprint density at radius 3 is 2.94 bits per heavy atom. The van der Waals surface area contributed by atoms with Crippen LogP contribution in [0, 0.1) is 0 Å². The summed E-state index contributed by atoms with van der Waals surface area (Å²) in [5.41, 5.74) is 0.884. The van der Waals surface area contributed by atoms with Crippen molar-refractivity contribution in [3.8, 4) is 5.75 Å². The van der Waals surface area contributed by atoms with Gasteiger partial charge in [0.1, 0.15) is 5.75 Å². The van der Waals surface area contributed by atoms with Gasteiger partial charge in [0.05, 0.1) is 6.10 Å². The lowest BCUT2D eigenvalue weighted by Gasteiger charge is -2.12. The second kappa shape index (κ2) is 4.34. The molecule has 16 heavy (non-hydrogen) atoms. The number of fused-ring (bicyclic) bond motifs is 1. The van der Waals surface area contributed by atoms with E-state index in [4.69, 9.17) is 21.1 Å². The van der Waals surface area contributed by atoms with Gasteiger partial charge in [0, 0.05) is 17.0 Å². The van der Waals surface area contributed by atoms with Gasteiger partial charge in [-0.05, 0) is 26.0 Å². The van der Waals surface area contributed by atoms with Crippen molar-refractivity contribution in [1.29, 1.82) is 0 Å². The highest BCUT2D eigenvalue weighted by Gasteiger charge is 2.32. The topological polar surface area (TPSA) is 35.5 Å². The molecule has 1 aromatic rings. The van der Waals surface area contributed by atoms with Crippen LogP contribution in [0.25, 0.3) is 0 Å². The van der Waals surface area contributed by atoms with Crippen molar-refractivity contribution in [1.82, 2.24) is 0 Å². The van der Waals surface area contributed by atoms with Crippen LogP contribution in [0.5, 0.6) is 5.75 Å². The largest absolute Gasteiger partial charge is 0.478 e. The van der Waals surface area contributed by atoms with Gasteiger partial charge < -0.3 is 9.47 Å². The lowest BCUT2D eigenvalue weighted by molar-refractivity contribution is -0.154. The molecule has 3 nitrogen and oxygen atoms in total. The number of ether oxygens (including phenoxy) is 2. The Bertz CT molecular complexity index is 415. The molecular formula is C12H13ClO3. The summed E-state index contributed by atoms with van der Waals surface area (Å²) in [7, 11) is 0. The summed E-state index contributed by atoms with van der Waals surface area (Å²) in [5, 5.41) is 0.636. The predicted octanol–water partition coefficient (Wildman–Crippen LogP) is 2.60. The molecule has 0 fully saturated rings. The lowest BCUT2D eigenvalue weighted by atomic mass is 10.1. The zero-order valence-corrected chi connectivity index (χ0v) is 9.95. The number of rotatable bonds is 2. The maximum absolute atomic E-state index is 11.6. The Labute approximate surface area is 99.3 Å². The molecule has 1 aromatic carbocycles. The van der Waals surface area contributed by atoms with E-state index in [1.807, 2.05) is 19.9 Å². The van der Waals surface area contributed by atoms with E-state index in [1.54, 1.807) is 12.1 Å². The van der Waals surface area contributed by atoms with Gasteiger partial charge in [0.2, 0.25) is 0 Å². The molecule has 1 aliphatic rings. The van der Waals surface area contributed by atoms with E-state index in [-0.39, 0.29) is 12.1 Å². The minimum absolute atomic E-state index is 0.129. The van der Waals surface area contributed by atoms with Crippen LogP contribution in [0.2, 0.25) is 5.02 Å². The van der Waals surface area contributed by atoms with Crippen LogP contribution in [0.3, 0.4) is 0 Å². The van der Waals surface area contributed by atoms with Gasteiger partial charge in [0.15, 0.2) is 6.10 Å². The number of esters is 1. The summed E-state index contributed by atoms with van der Waals surface area (Å²) >= 11 is 6.01. The Hall–Kier alpha value is -1.22. The van der Waals surface area contributed by atoms with E-state index >= 15 is 0 Å². The van der Waals surface area contributed by atoms with E-state index in [9.17, 15) is 4.79 Å². The average Bonchev–Trinajstić information content (AvgIpc) is 2.61. The molecule has 1 heterocycles. The van der Waals surface area contributed by atoms with E-state index in [0.29, 0.717) is 17.2 Å². The first kappa shape index (κ1) is 11.3. The molecule has 0 aliphatic carbocycles. The van der Waals surface area contributed by atoms with Crippen molar-refractivity contribution >= 4 is 17.6 Å². The van der Waals surface area contributed by atoms with E-state index in [1.165, 1.54) is 0 Å². The molecular weight excluding hydrogens is 228 g/mol. The third-order valence-corrected chi connectivity index (χ3v) is 2.70. The molecule has 0 saturated heterocycles. The van der Waals surface area contributed by atoms with Crippen LogP contribution in [0.4, 0.5) is 0 Å². The summed E-state index contributed by atoms with van der Waals surface area (Å²) in [6, 6.07) is 5.40. The summed E-state index contributed by atoms with van der Waals surface area (Å²) in [4.78, 5) is 11.6. The maximum atomic E-state index is 11.6. The molecule has 0 aromatic heterocycles. The monoisotopic (exact) mass is 240 g/mol. The molecule has 0 amide bonds. The highest BCUT2D eigenvalue weighted by Crippen LogP contribution is 2.34. The molecule has 0 saturated carbocycles. The quantitative estimate of drug-likeness (QED) is 0.746. The van der Waals surface area contributed by atoms with Crippen LogP contribution < -0.4 is 4.74 Å². The molecule has 0 spiro atoms. The molecule has 0 bridgehead atoms. The average molecular weight is 241 g/mol. The normalized spacial score (nSPS) is 18.1. The van der Waals surface area contributed by atoms with Gasteiger partial charge in [-0.25, -0.2) is 4.79 Å². The van der Waals surface area contributed by atoms with Crippen LogP contribution in [0.1, 0.15) is 19.4 Å². The SMILES string of the molecule is CC(C)OC(=O)C1Cc2c(Cl)cccc2O1. The zero-order chi connectivity index (χ0) is 11.7. The molecule has 1 atom stereocenters. The van der Waals surface area contributed by atoms with Gasteiger partial charge in [-0.1, -0.05) is 17.7 Å². The summed E-state index contributed by atoms with van der Waals surface area (Å²) in [6.45, 7) is 3.62. The van der Waals surface area contributed by atoms with Crippen molar-refractivity contribution in [2.75, 3.05) is 0 Å². The first-order chi connectivity index (χ1) is 7.58. The first-order valence-corrected chi connectivity index (χ1v) is 5.60. The third kappa shape index (κ3) is 2.14. The van der Waals surface area contributed by atoms with E-state index in [2.05, 4.69) is 0 Å². The minimum atomic E-state index is -0.558.